The van der Waals surface area contributed by atoms with Crippen molar-refractivity contribution in [3.05, 3.63) is 29.3 Å². The lowest BCUT2D eigenvalue weighted by atomic mass is 9.99. The Hall–Kier alpha value is -0.870. The van der Waals surface area contributed by atoms with E-state index in [2.05, 4.69) is 28.8 Å². The number of fused-ring (bicyclic) bond motifs is 1. The molecule has 1 aromatic carbocycles. The lowest BCUT2D eigenvalue weighted by Crippen LogP contribution is -2.27. The minimum absolute atomic E-state index is 0.206. The van der Waals surface area contributed by atoms with Crippen molar-refractivity contribution in [3.63, 3.8) is 0 Å². The van der Waals surface area contributed by atoms with Crippen LogP contribution in [-0.4, -0.2) is 28.8 Å². The second-order valence-electron chi connectivity index (χ2n) is 4.92. The van der Waals surface area contributed by atoms with Crippen LogP contribution in [-0.2, 0) is 23.8 Å². The molecule has 18 heavy (non-hydrogen) atoms. The number of rotatable bonds is 5. The molecular weight excluding hydrogens is 244 g/mol. The van der Waals surface area contributed by atoms with Crippen LogP contribution >= 0.6 is 0 Å². The summed E-state index contributed by atoms with van der Waals surface area (Å²) in [6.45, 7) is 4.73. The summed E-state index contributed by atoms with van der Waals surface area (Å²) >= 11 is 0. The Bertz CT molecular complexity index is 434. The molecule has 1 heterocycles. The van der Waals surface area contributed by atoms with E-state index in [1.165, 1.54) is 29.7 Å². The Labute approximate surface area is 112 Å². The predicted octanol–water partition coefficient (Wildman–Crippen LogP) is 1.90. The van der Waals surface area contributed by atoms with Gasteiger partial charge in [0.1, 0.15) is 0 Å². The highest BCUT2D eigenvalue weighted by atomic mass is 32.2. The van der Waals surface area contributed by atoms with Crippen LogP contribution in [0.4, 0.5) is 5.69 Å². The number of nitrogens with one attached hydrogen (secondary N) is 2. The zero-order valence-electron chi connectivity index (χ0n) is 11.2. The van der Waals surface area contributed by atoms with E-state index in [1.54, 1.807) is 6.26 Å². The molecule has 4 heteroatoms. The summed E-state index contributed by atoms with van der Waals surface area (Å²) < 4.78 is 11.3. The summed E-state index contributed by atoms with van der Waals surface area (Å²) in [4.78, 5) is 0. The molecule has 0 bridgehead atoms. The average molecular weight is 266 g/mol. The molecular formula is C14H22N2OS. The van der Waals surface area contributed by atoms with Crippen LogP contribution in [0.25, 0.3) is 0 Å². The second kappa shape index (κ2) is 6.34. The molecule has 1 aliphatic rings. The molecule has 2 unspecified atom stereocenters. The molecule has 3 nitrogen and oxygen atoms in total. The van der Waals surface area contributed by atoms with Crippen molar-refractivity contribution >= 4 is 16.5 Å². The van der Waals surface area contributed by atoms with Crippen LogP contribution in [0.2, 0.25) is 0 Å². The maximum Gasteiger partial charge on any atom is 0.0441 e. The molecule has 0 aromatic heterocycles. The fourth-order valence-corrected chi connectivity index (χ4v) is 2.61. The van der Waals surface area contributed by atoms with Crippen LogP contribution in [0.5, 0.6) is 0 Å². The smallest absolute Gasteiger partial charge is 0.0441 e. The first-order chi connectivity index (χ1) is 8.68. The van der Waals surface area contributed by atoms with Crippen molar-refractivity contribution in [1.29, 1.82) is 0 Å². The van der Waals surface area contributed by atoms with Crippen molar-refractivity contribution in [1.82, 2.24) is 5.32 Å². The number of aryl methyl sites for hydroxylation is 1. The zero-order chi connectivity index (χ0) is 13.0. The highest BCUT2D eigenvalue weighted by Gasteiger charge is 2.12. The summed E-state index contributed by atoms with van der Waals surface area (Å²) in [7, 11) is -0.748. The van der Waals surface area contributed by atoms with E-state index in [9.17, 15) is 4.21 Å². The third kappa shape index (κ3) is 3.33. The topological polar surface area (TPSA) is 41.1 Å². The summed E-state index contributed by atoms with van der Waals surface area (Å²) in [6, 6.07) is 6.50. The van der Waals surface area contributed by atoms with Gasteiger partial charge in [-0.2, -0.15) is 0 Å². The van der Waals surface area contributed by atoms with Crippen LogP contribution in [0.15, 0.2) is 18.2 Å². The molecule has 2 N–H and O–H groups in total. The van der Waals surface area contributed by atoms with Crippen molar-refractivity contribution in [2.24, 2.45) is 0 Å². The van der Waals surface area contributed by atoms with E-state index in [0.717, 1.165) is 19.6 Å². The first-order valence-electron chi connectivity index (χ1n) is 6.56. The number of hydrogen-bond donors (Lipinski definition) is 2. The van der Waals surface area contributed by atoms with Gasteiger partial charge in [-0.15, -0.1) is 0 Å². The number of benzene rings is 1. The van der Waals surface area contributed by atoms with Gasteiger partial charge in [-0.05, 0) is 30.9 Å². The maximum absolute atomic E-state index is 11.3. The van der Waals surface area contributed by atoms with Gasteiger partial charge in [0, 0.05) is 47.6 Å². The maximum atomic E-state index is 11.3. The van der Waals surface area contributed by atoms with Crippen LogP contribution in [0, 0.1) is 0 Å². The standard InChI is InChI=1S/C14H22N2OS/c1-11(18(2)17)9-15-10-13-6-3-5-12-7-4-8-16-14(12)13/h3,5-6,11,15-16H,4,7-10H2,1-2H3. The van der Waals surface area contributed by atoms with Gasteiger partial charge < -0.3 is 10.6 Å². The molecule has 2 rings (SSSR count). The van der Waals surface area contributed by atoms with E-state index >= 15 is 0 Å². The van der Waals surface area contributed by atoms with Crippen molar-refractivity contribution in [3.8, 4) is 0 Å². The third-order valence-electron chi connectivity index (χ3n) is 3.48. The van der Waals surface area contributed by atoms with Gasteiger partial charge in [0.25, 0.3) is 0 Å². The lowest BCUT2D eigenvalue weighted by molar-refractivity contribution is 0.646. The number of hydrogen-bond acceptors (Lipinski definition) is 3. The zero-order valence-corrected chi connectivity index (χ0v) is 12.0. The molecule has 1 aromatic rings. The monoisotopic (exact) mass is 266 g/mol. The van der Waals surface area contributed by atoms with Crippen LogP contribution in [0.3, 0.4) is 0 Å². The first kappa shape index (κ1) is 13.6. The van der Waals surface area contributed by atoms with Gasteiger partial charge >= 0.3 is 0 Å². The minimum Gasteiger partial charge on any atom is -0.385 e. The minimum atomic E-state index is -0.748. The lowest BCUT2D eigenvalue weighted by Gasteiger charge is -2.21. The van der Waals surface area contributed by atoms with Gasteiger partial charge in [0.05, 0.1) is 0 Å². The van der Waals surface area contributed by atoms with Gasteiger partial charge in [-0.25, -0.2) is 0 Å². The summed E-state index contributed by atoms with van der Waals surface area (Å²) in [5.41, 5.74) is 4.05. The van der Waals surface area contributed by atoms with E-state index in [1.807, 2.05) is 6.92 Å². The molecule has 0 amide bonds. The Morgan fingerprint density at radius 2 is 2.33 bits per heavy atom. The summed E-state index contributed by atoms with van der Waals surface area (Å²) in [5.74, 6) is 0. The molecule has 100 valence electrons. The molecule has 0 radical (unpaired) electrons. The molecule has 0 saturated carbocycles. The van der Waals surface area contributed by atoms with Gasteiger partial charge in [0.2, 0.25) is 0 Å². The van der Waals surface area contributed by atoms with Crippen molar-refractivity contribution in [2.45, 2.75) is 31.6 Å². The van der Waals surface area contributed by atoms with E-state index < -0.39 is 10.8 Å². The van der Waals surface area contributed by atoms with E-state index in [4.69, 9.17) is 0 Å². The fraction of sp³-hybridized carbons (Fsp3) is 0.571. The second-order valence-corrected chi connectivity index (χ2v) is 6.72. The first-order valence-corrected chi connectivity index (χ1v) is 8.18. The van der Waals surface area contributed by atoms with Crippen molar-refractivity contribution < 1.29 is 4.21 Å². The molecule has 1 aliphatic heterocycles. The highest BCUT2D eigenvalue weighted by Crippen LogP contribution is 2.25. The summed E-state index contributed by atoms with van der Waals surface area (Å²) in [6.07, 6.45) is 4.15. The number of para-hydroxylation sites is 1. The Kier molecular flexibility index (Phi) is 4.78. The van der Waals surface area contributed by atoms with Gasteiger partial charge in [-0.3, -0.25) is 4.21 Å². The summed E-state index contributed by atoms with van der Waals surface area (Å²) in [5, 5.41) is 7.10. The van der Waals surface area contributed by atoms with Gasteiger partial charge in [-0.1, -0.05) is 18.2 Å². The Morgan fingerprint density at radius 3 is 3.11 bits per heavy atom. The Balaban J connectivity index is 1.95. The SMILES string of the molecule is CC(CNCc1cccc2c1NCCC2)S(C)=O. The predicted molar refractivity (Wildman–Crippen MR) is 78.5 cm³/mol. The molecule has 0 aliphatic carbocycles. The van der Waals surface area contributed by atoms with E-state index in [0.29, 0.717) is 0 Å². The van der Waals surface area contributed by atoms with Gasteiger partial charge in [0.15, 0.2) is 0 Å². The third-order valence-corrected chi connectivity index (χ3v) is 4.78. The highest BCUT2D eigenvalue weighted by molar-refractivity contribution is 7.84. The quantitative estimate of drug-likeness (QED) is 0.855. The largest absolute Gasteiger partial charge is 0.385 e. The Morgan fingerprint density at radius 1 is 1.50 bits per heavy atom. The van der Waals surface area contributed by atoms with E-state index in [-0.39, 0.29) is 5.25 Å². The fourth-order valence-electron chi connectivity index (χ4n) is 2.26. The van der Waals surface area contributed by atoms with Crippen molar-refractivity contribution in [2.75, 3.05) is 24.7 Å². The van der Waals surface area contributed by atoms with Crippen LogP contribution < -0.4 is 10.6 Å². The molecule has 0 fully saturated rings. The average Bonchev–Trinajstić information content (AvgIpc) is 2.38. The van der Waals surface area contributed by atoms with Crippen LogP contribution in [0.1, 0.15) is 24.5 Å². The normalized spacial score (nSPS) is 17.7. The molecule has 0 spiro atoms. The molecule has 0 saturated heterocycles. The molecule has 2 atom stereocenters. The number of anilines is 1.